The molecule has 0 aliphatic rings. The van der Waals surface area contributed by atoms with Crippen LogP contribution >= 0.6 is 28.3 Å². The summed E-state index contributed by atoms with van der Waals surface area (Å²) in [5, 5.41) is 8.84. The summed E-state index contributed by atoms with van der Waals surface area (Å²) in [5.74, 6) is -0.866. The van der Waals surface area contributed by atoms with Gasteiger partial charge in [-0.3, -0.25) is 0 Å². The summed E-state index contributed by atoms with van der Waals surface area (Å²) in [4.78, 5) is 0. The van der Waals surface area contributed by atoms with Crippen LogP contribution in [0.25, 0.3) is 0 Å². The summed E-state index contributed by atoms with van der Waals surface area (Å²) in [6, 6.07) is 3.51. The van der Waals surface area contributed by atoms with E-state index in [1.54, 1.807) is 0 Å². The first-order valence-electron chi connectivity index (χ1n) is 4.05. The molecule has 0 saturated heterocycles. The Balaban J connectivity index is 0.00000225. The predicted octanol–water partition coefficient (Wildman–Crippen LogP) is 2.42. The number of aliphatic hydroxyl groups excluding tert-OH is 1. The first-order valence-corrected chi connectivity index (χ1v) is 4.84. The molecule has 16 heavy (non-hydrogen) atoms. The smallest absolute Gasteiger partial charge is 0.262 e. The van der Waals surface area contributed by atoms with Gasteiger partial charge in [0.2, 0.25) is 0 Å². The highest BCUT2D eigenvalue weighted by molar-refractivity contribution is 9.10. The van der Waals surface area contributed by atoms with Gasteiger partial charge in [-0.1, -0.05) is 15.9 Å². The fourth-order valence-corrected chi connectivity index (χ4v) is 1.49. The third-order valence-corrected chi connectivity index (χ3v) is 2.57. The van der Waals surface area contributed by atoms with E-state index in [0.29, 0.717) is 4.47 Å². The highest BCUT2D eigenvalue weighted by Gasteiger charge is 2.39. The molecule has 0 bridgehead atoms. The molecule has 0 heterocycles. The van der Waals surface area contributed by atoms with Crippen molar-refractivity contribution in [2.45, 2.75) is 12.0 Å². The maximum atomic E-state index is 13.3. The highest BCUT2D eigenvalue weighted by Crippen LogP contribution is 2.29. The SMILES string of the molecule is Cl.NC(CO)(c1cc(Br)ccc1F)C(F)F. The van der Waals surface area contributed by atoms with Gasteiger partial charge in [0, 0.05) is 10.0 Å². The molecular formula is C9H10BrClF3NO. The second-order valence-corrected chi connectivity index (χ2v) is 4.04. The zero-order valence-corrected chi connectivity index (χ0v) is 10.4. The number of benzene rings is 1. The van der Waals surface area contributed by atoms with Crippen molar-refractivity contribution in [3.8, 4) is 0 Å². The molecule has 1 rings (SSSR count). The molecule has 1 aromatic rings. The van der Waals surface area contributed by atoms with Crippen LogP contribution in [0.4, 0.5) is 13.2 Å². The van der Waals surface area contributed by atoms with Crippen LogP contribution in [0.2, 0.25) is 0 Å². The molecule has 0 saturated carbocycles. The van der Waals surface area contributed by atoms with Crippen LogP contribution < -0.4 is 5.73 Å². The largest absolute Gasteiger partial charge is 0.394 e. The van der Waals surface area contributed by atoms with E-state index >= 15 is 0 Å². The first kappa shape index (κ1) is 15.7. The van der Waals surface area contributed by atoms with E-state index < -0.39 is 30.0 Å². The van der Waals surface area contributed by atoms with Crippen molar-refractivity contribution < 1.29 is 18.3 Å². The molecule has 3 N–H and O–H groups in total. The van der Waals surface area contributed by atoms with Crippen molar-refractivity contribution in [1.82, 2.24) is 0 Å². The molecule has 0 aliphatic heterocycles. The fraction of sp³-hybridized carbons (Fsp3) is 0.333. The van der Waals surface area contributed by atoms with Gasteiger partial charge in [-0.25, -0.2) is 13.2 Å². The standard InChI is InChI=1S/C9H9BrF3NO.ClH/c10-5-1-2-7(11)6(3-5)9(14,4-15)8(12)13;/h1-3,8,15H,4,14H2;1H. The zero-order chi connectivity index (χ0) is 11.6. The lowest BCUT2D eigenvalue weighted by atomic mass is 9.92. The van der Waals surface area contributed by atoms with Gasteiger partial charge >= 0.3 is 0 Å². The number of aliphatic hydroxyl groups is 1. The molecule has 0 fully saturated rings. The van der Waals surface area contributed by atoms with Crippen LogP contribution in [0.1, 0.15) is 5.56 Å². The summed E-state index contributed by atoms with van der Waals surface area (Å²) >= 11 is 3.02. The van der Waals surface area contributed by atoms with Gasteiger partial charge in [-0.05, 0) is 18.2 Å². The molecular weight excluding hydrogens is 310 g/mol. The van der Waals surface area contributed by atoms with E-state index in [1.165, 1.54) is 6.07 Å². The third kappa shape index (κ3) is 2.88. The maximum absolute atomic E-state index is 13.3. The molecule has 0 radical (unpaired) electrons. The van der Waals surface area contributed by atoms with Crippen LogP contribution in [-0.2, 0) is 5.54 Å². The van der Waals surface area contributed by atoms with Crippen LogP contribution in [0.3, 0.4) is 0 Å². The Hall–Kier alpha value is -0.300. The second kappa shape index (κ2) is 5.86. The van der Waals surface area contributed by atoms with Gasteiger partial charge in [0.1, 0.15) is 11.4 Å². The normalized spacial score (nSPS) is 14.4. The molecule has 0 amide bonds. The van der Waals surface area contributed by atoms with Gasteiger partial charge in [0.25, 0.3) is 6.43 Å². The minimum absolute atomic E-state index is 0. The molecule has 7 heteroatoms. The third-order valence-electron chi connectivity index (χ3n) is 2.08. The van der Waals surface area contributed by atoms with Gasteiger partial charge in [0.15, 0.2) is 0 Å². The Kier molecular flexibility index (Phi) is 5.75. The minimum Gasteiger partial charge on any atom is -0.394 e. The predicted molar refractivity (Wildman–Crippen MR) is 60.3 cm³/mol. The van der Waals surface area contributed by atoms with E-state index in [4.69, 9.17) is 10.8 Å². The Morgan fingerprint density at radius 2 is 2.00 bits per heavy atom. The zero-order valence-electron chi connectivity index (χ0n) is 7.96. The Morgan fingerprint density at radius 3 is 2.44 bits per heavy atom. The monoisotopic (exact) mass is 319 g/mol. The molecule has 1 unspecified atom stereocenters. The maximum Gasteiger partial charge on any atom is 0.262 e. The van der Waals surface area contributed by atoms with Crippen LogP contribution in [-0.4, -0.2) is 18.1 Å². The van der Waals surface area contributed by atoms with Crippen LogP contribution in [0.15, 0.2) is 22.7 Å². The molecule has 2 nitrogen and oxygen atoms in total. The number of halogens is 5. The average molecular weight is 321 g/mol. The lowest BCUT2D eigenvalue weighted by molar-refractivity contribution is 0.0134. The number of rotatable bonds is 3. The van der Waals surface area contributed by atoms with Crippen molar-refractivity contribution >= 4 is 28.3 Å². The van der Waals surface area contributed by atoms with Crippen molar-refractivity contribution in [2.24, 2.45) is 5.73 Å². The molecule has 0 aromatic heterocycles. The van der Waals surface area contributed by atoms with Gasteiger partial charge in [-0.2, -0.15) is 0 Å². The number of nitrogens with two attached hydrogens (primary N) is 1. The van der Waals surface area contributed by atoms with E-state index in [1.807, 2.05) is 0 Å². The van der Waals surface area contributed by atoms with E-state index in [0.717, 1.165) is 12.1 Å². The number of hydrogen-bond acceptors (Lipinski definition) is 2. The quantitative estimate of drug-likeness (QED) is 0.898. The Bertz CT molecular complexity index is 367. The Morgan fingerprint density at radius 1 is 1.44 bits per heavy atom. The van der Waals surface area contributed by atoms with Crippen molar-refractivity contribution in [3.63, 3.8) is 0 Å². The summed E-state index contributed by atoms with van der Waals surface area (Å²) in [6.45, 7) is -1.03. The topological polar surface area (TPSA) is 46.2 Å². The molecule has 1 atom stereocenters. The minimum atomic E-state index is -3.05. The highest BCUT2D eigenvalue weighted by atomic mass is 79.9. The lowest BCUT2D eigenvalue weighted by Gasteiger charge is -2.27. The van der Waals surface area contributed by atoms with Crippen molar-refractivity contribution in [2.75, 3.05) is 6.61 Å². The van der Waals surface area contributed by atoms with Gasteiger partial charge in [0.05, 0.1) is 6.61 Å². The number of hydrogen-bond donors (Lipinski definition) is 2. The van der Waals surface area contributed by atoms with E-state index in [-0.39, 0.29) is 12.4 Å². The molecule has 1 aromatic carbocycles. The Labute approximate surface area is 105 Å². The average Bonchev–Trinajstić information content (AvgIpc) is 2.20. The summed E-state index contributed by atoms with van der Waals surface area (Å²) in [5.41, 5.74) is 2.50. The fourth-order valence-electron chi connectivity index (χ4n) is 1.13. The molecule has 0 aliphatic carbocycles. The first-order chi connectivity index (χ1) is 6.91. The van der Waals surface area contributed by atoms with Gasteiger partial charge < -0.3 is 10.8 Å². The molecule has 92 valence electrons. The summed E-state index contributed by atoms with van der Waals surface area (Å²) < 4.78 is 38.9. The van der Waals surface area contributed by atoms with E-state index in [9.17, 15) is 13.2 Å². The number of alkyl halides is 2. The molecule has 0 spiro atoms. The van der Waals surface area contributed by atoms with Crippen LogP contribution in [0.5, 0.6) is 0 Å². The second-order valence-electron chi connectivity index (χ2n) is 3.12. The van der Waals surface area contributed by atoms with Crippen molar-refractivity contribution in [3.05, 3.63) is 34.1 Å². The van der Waals surface area contributed by atoms with Crippen molar-refractivity contribution in [1.29, 1.82) is 0 Å². The van der Waals surface area contributed by atoms with E-state index in [2.05, 4.69) is 15.9 Å². The summed E-state index contributed by atoms with van der Waals surface area (Å²) in [7, 11) is 0. The van der Waals surface area contributed by atoms with Crippen LogP contribution in [0, 0.1) is 5.82 Å². The van der Waals surface area contributed by atoms with Gasteiger partial charge in [-0.15, -0.1) is 12.4 Å². The summed E-state index contributed by atoms with van der Waals surface area (Å²) in [6.07, 6.45) is -3.05. The lowest BCUT2D eigenvalue weighted by Crippen LogP contribution is -2.48.